The van der Waals surface area contributed by atoms with Crippen molar-refractivity contribution < 1.29 is 9.13 Å². The van der Waals surface area contributed by atoms with Gasteiger partial charge in [0, 0.05) is 5.56 Å². The van der Waals surface area contributed by atoms with Gasteiger partial charge in [-0.15, -0.1) is 6.58 Å². The summed E-state index contributed by atoms with van der Waals surface area (Å²) in [4.78, 5) is 7.82. The maximum Gasteiger partial charge on any atom is 0.222 e. The van der Waals surface area contributed by atoms with Gasteiger partial charge in [0.25, 0.3) is 0 Å². The SMILES string of the molecule is C=CCOCc1cc(F)ccc1-c1nc(N)nc(N)c1C#N. The number of nitriles is 1. The molecular weight excluding hydrogens is 285 g/mol. The number of benzene rings is 1. The molecule has 0 unspecified atom stereocenters. The first-order valence-electron chi connectivity index (χ1n) is 6.37. The highest BCUT2D eigenvalue weighted by Crippen LogP contribution is 2.29. The van der Waals surface area contributed by atoms with Gasteiger partial charge in [-0.05, 0) is 23.8 Å². The summed E-state index contributed by atoms with van der Waals surface area (Å²) in [6.07, 6.45) is 1.58. The van der Waals surface area contributed by atoms with Gasteiger partial charge in [0.15, 0.2) is 0 Å². The number of aromatic nitrogens is 2. The number of halogens is 1. The van der Waals surface area contributed by atoms with Crippen LogP contribution in [0.1, 0.15) is 11.1 Å². The van der Waals surface area contributed by atoms with E-state index in [0.717, 1.165) is 0 Å². The van der Waals surface area contributed by atoms with Crippen LogP contribution in [0.25, 0.3) is 11.3 Å². The van der Waals surface area contributed by atoms with Gasteiger partial charge < -0.3 is 16.2 Å². The summed E-state index contributed by atoms with van der Waals surface area (Å²) in [6, 6.07) is 6.03. The summed E-state index contributed by atoms with van der Waals surface area (Å²) in [5, 5.41) is 9.24. The van der Waals surface area contributed by atoms with E-state index in [2.05, 4.69) is 16.5 Å². The van der Waals surface area contributed by atoms with E-state index in [0.29, 0.717) is 17.7 Å². The zero-order chi connectivity index (χ0) is 16.1. The molecule has 2 aromatic rings. The fraction of sp³-hybridized carbons (Fsp3) is 0.133. The Balaban J connectivity index is 2.57. The number of nitrogens with zero attached hydrogens (tertiary/aromatic N) is 3. The number of rotatable bonds is 5. The number of nitrogens with two attached hydrogens (primary N) is 2. The Labute approximate surface area is 126 Å². The summed E-state index contributed by atoms with van der Waals surface area (Å²) in [7, 11) is 0. The zero-order valence-electron chi connectivity index (χ0n) is 11.7. The molecule has 1 heterocycles. The lowest BCUT2D eigenvalue weighted by Crippen LogP contribution is -2.06. The first kappa shape index (κ1) is 15.4. The van der Waals surface area contributed by atoms with E-state index in [1.165, 1.54) is 18.2 Å². The third-order valence-electron chi connectivity index (χ3n) is 2.88. The van der Waals surface area contributed by atoms with Crippen molar-refractivity contribution in [1.82, 2.24) is 9.97 Å². The fourth-order valence-electron chi connectivity index (χ4n) is 1.97. The minimum Gasteiger partial charge on any atom is -0.382 e. The van der Waals surface area contributed by atoms with E-state index in [9.17, 15) is 9.65 Å². The molecule has 0 fully saturated rings. The van der Waals surface area contributed by atoms with Crippen LogP contribution in [0.15, 0.2) is 30.9 Å². The number of ether oxygens (including phenoxy) is 1. The van der Waals surface area contributed by atoms with Crippen LogP contribution >= 0.6 is 0 Å². The molecule has 0 radical (unpaired) electrons. The molecule has 0 saturated carbocycles. The maximum atomic E-state index is 13.5. The second-order valence-electron chi connectivity index (χ2n) is 4.41. The molecule has 6 nitrogen and oxygen atoms in total. The molecule has 0 amide bonds. The first-order valence-corrected chi connectivity index (χ1v) is 6.37. The van der Waals surface area contributed by atoms with Crippen LogP contribution in [-0.4, -0.2) is 16.6 Å². The standard InChI is InChI=1S/C15H14FN5O/c1-2-5-22-8-9-6-10(16)3-4-11(9)13-12(7-17)14(18)21-15(19)20-13/h2-4,6H,1,5,8H2,(H4,18,19,20,21). The lowest BCUT2D eigenvalue weighted by molar-refractivity contribution is 0.149. The van der Waals surface area contributed by atoms with Gasteiger partial charge in [-0.3, -0.25) is 0 Å². The average molecular weight is 299 g/mol. The van der Waals surface area contributed by atoms with Gasteiger partial charge in [-0.25, -0.2) is 9.37 Å². The monoisotopic (exact) mass is 299 g/mol. The van der Waals surface area contributed by atoms with Gasteiger partial charge in [-0.1, -0.05) is 6.08 Å². The minimum absolute atomic E-state index is 0.0210. The Bertz CT molecular complexity index is 754. The molecule has 0 spiro atoms. The molecule has 0 aliphatic heterocycles. The van der Waals surface area contributed by atoms with E-state index in [1.807, 2.05) is 6.07 Å². The Morgan fingerprint density at radius 3 is 2.82 bits per heavy atom. The van der Waals surface area contributed by atoms with Gasteiger partial charge in [0.05, 0.1) is 18.9 Å². The molecule has 0 saturated heterocycles. The molecule has 0 atom stereocenters. The molecule has 112 valence electrons. The molecular formula is C15H14FN5O. The predicted molar refractivity (Wildman–Crippen MR) is 80.8 cm³/mol. The maximum absolute atomic E-state index is 13.5. The molecule has 0 aliphatic carbocycles. The minimum atomic E-state index is -0.422. The van der Waals surface area contributed by atoms with Crippen molar-refractivity contribution in [1.29, 1.82) is 5.26 Å². The largest absolute Gasteiger partial charge is 0.382 e. The van der Waals surface area contributed by atoms with Crippen molar-refractivity contribution in [3.63, 3.8) is 0 Å². The van der Waals surface area contributed by atoms with Crippen molar-refractivity contribution in [3.05, 3.63) is 47.8 Å². The van der Waals surface area contributed by atoms with Crippen molar-refractivity contribution in [3.8, 4) is 17.3 Å². The van der Waals surface area contributed by atoms with Crippen LogP contribution < -0.4 is 11.5 Å². The van der Waals surface area contributed by atoms with E-state index in [-0.39, 0.29) is 29.6 Å². The van der Waals surface area contributed by atoms with Crippen LogP contribution in [0.3, 0.4) is 0 Å². The number of anilines is 2. The number of hydrogen-bond acceptors (Lipinski definition) is 6. The van der Waals surface area contributed by atoms with Crippen molar-refractivity contribution in [2.45, 2.75) is 6.61 Å². The van der Waals surface area contributed by atoms with Crippen LogP contribution in [0.2, 0.25) is 0 Å². The molecule has 1 aromatic carbocycles. The highest BCUT2D eigenvalue weighted by atomic mass is 19.1. The molecule has 22 heavy (non-hydrogen) atoms. The number of hydrogen-bond donors (Lipinski definition) is 2. The topological polar surface area (TPSA) is 111 Å². The normalized spacial score (nSPS) is 10.2. The van der Waals surface area contributed by atoms with Gasteiger partial charge in [-0.2, -0.15) is 10.2 Å². The molecule has 2 rings (SSSR count). The Kier molecular flexibility index (Phi) is 4.66. The summed E-state index contributed by atoms with van der Waals surface area (Å²) < 4.78 is 18.8. The van der Waals surface area contributed by atoms with Gasteiger partial charge in [0.1, 0.15) is 23.3 Å². The van der Waals surface area contributed by atoms with Crippen molar-refractivity contribution >= 4 is 11.8 Å². The Morgan fingerprint density at radius 1 is 1.36 bits per heavy atom. The first-order chi connectivity index (χ1) is 10.6. The summed E-state index contributed by atoms with van der Waals surface area (Å²) >= 11 is 0. The van der Waals surface area contributed by atoms with Crippen LogP contribution in [0.4, 0.5) is 16.2 Å². The Hall–Kier alpha value is -2.98. The van der Waals surface area contributed by atoms with Crippen LogP contribution in [0, 0.1) is 17.1 Å². The Morgan fingerprint density at radius 2 is 2.14 bits per heavy atom. The van der Waals surface area contributed by atoms with Crippen molar-refractivity contribution in [2.24, 2.45) is 0 Å². The van der Waals surface area contributed by atoms with E-state index < -0.39 is 5.82 Å². The summed E-state index contributed by atoms with van der Waals surface area (Å²) in [5.41, 5.74) is 12.7. The third-order valence-corrected chi connectivity index (χ3v) is 2.88. The van der Waals surface area contributed by atoms with E-state index in [1.54, 1.807) is 6.08 Å². The van der Waals surface area contributed by atoms with Gasteiger partial charge >= 0.3 is 0 Å². The fourth-order valence-corrected chi connectivity index (χ4v) is 1.97. The summed E-state index contributed by atoms with van der Waals surface area (Å²) in [6.45, 7) is 3.99. The van der Waals surface area contributed by atoms with E-state index >= 15 is 0 Å². The third kappa shape index (κ3) is 3.19. The lowest BCUT2D eigenvalue weighted by Gasteiger charge is -2.12. The zero-order valence-corrected chi connectivity index (χ0v) is 11.7. The van der Waals surface area contributed by atoms with E-state index in [4.69, 9.17) is 16.2 Å². The van der Waals surface area contributed by atoms with Gasteiger partial charge in [0.2, 0.25) is 5.95 Å². The molecule has 0 bridgehead atoms. The van der Waals surface area contributed by atoms with Crippen LogP contribution in [0.5, 0.6) is 0 Å². The van der Waals surface area contributed by atoms with Crippen LogP contribution in [-0.2, 0) is 11.3 Å². The quantitative estimate of drug-likeness (QED) is 0.645. The lowest BCUT2D eigenvalue weighted by atomic mass is 10.0. The molecule has 4 N–H and O–H groups in total. The smallest absolute Gasteiger partial charge is 0.222 e. The second-order valence-corrected chi connectivity index (χ2v) is 4.41. The average Bonchev–Trinajstić information content (AvgIpc) is 2.47. The highest BCUT2D eigenvalue weighted by Gasteiger charge is 2.16. The predicted octanol–water partition coefficient (Wildman–Crippen LogP) is 2.02. The number of nitrogen functional groups attached to an aromatic ring is 2. The van der Waals surface area contributed by atoms with Crippen molar-refractivity contribution in [2.75, 3.05) is 18.1 Å². The molecule has 0 aliphatic rings. The summed E-state index contributed by atoms with van der Waals surface area (Å²) in [5.74, 6) is -0.504. The molecule has 7 heteroatoms. The highest BCUT2D eigenvalue weighted by molar-refractivity contribution is 5.75. The second kappa shape index (κ2) is 6.65. The molecule has 1 aromatic heterocycles.